The molecular formula is C22H20N2O4S. The third kappa shape index (κ3) is 5.14. The van der Waals surface area contributed by atoms with Crippen molar-refractivity contribution in [3.63, 3.8) is 0 Å². The summed E-state index contributed by atoms with van der Waals surface area (Å²) >= 11 is 1.13. The van der Waals surface area contributed by atoms with E-state index >= 15 is 0 Å². The van der Waals surface area contributed by atoms with Crippen molar-refractivity contribution in [3.05, 3.63) is 65.0 Å². The summed E-state index contributed by atoms with van der Waals surface area (Å²) in [5, 5.41) is 3.01. The van der Waals surface area contributed by atoms with Gasteiger partial charge in [-0.15, -0.1) is 0 Å². The topological polar surface area (TPSA) is 85.4 Å². The van der Waals surface area contributed by atoms with Crippen LogP contribution in [0.3, 0.4) is 0 Å². The molecule has 0 aliphatic carbocycles. The first-order valence-corrected chi connectivity index (χ1v) is 9.92. The number of nitrogens with one attached hydrogen (secondary N) is 1. The third-order valence-corrected chi connectivity index (χ3v) is 5.18. The van der Waals surface area contributed by atoms with Crippen molar-refractivity contribution in [3.8, 4) is 17.0 Å². The van der Waals surface area contributed by atoms with E-state index in [0.717, 1.165) is 16.9 Å². The van der Waals surface area contributed by atoms with Crippen molar-refractivity contribution >= 4 is 33.9 Å². The minimum atomic E-state index is -0.387. The van der Waals surface area contributed by atoms with E-state index in [2.05, 4.69) is 10.3 Å². The van der Waals surface area contributed by atoms with Gasteiger partial charge in [-0.05, 0) is 24.3 Å². The van der Waals surface area contributed by atoms with E-state index in [1.165, 1.54) is 6.92 Å². The number of anilines is 1. The number of aromatic nitrogens is 1. The van der Waals surface area contributed by atoms with Crippen LogP contribution in [-0.4, -0.2) is 29.1 Å². The number of thiazole rings is 1. The molecule has 148 valence electrons. The molecule has 0 radical (unpaired) electrons. The summed E-state index contributed by atoms with van der Waals surface area (Å²) in [6.07, 6.45) is 0.434. The normalized spacial score (nSPS) is 10.4. The number of carbonyl (C=O) groups is 3. The maximum absolute atomic E-state index is 12.2. The number of rotatable bonds is 8. The average molecular weight is 408 g/mol. The van der Waals surface area contributed by atoms with E-state index in [4.69, 9.17) is 4.74 Å². The summed E-state index contributed by atoms with van der Waals surface area (Å²) in [6, 6.07) is 16.0. The van der Waals surface area contributed by atoms with Crippen LogP contribution >= 0.6 is 11.3 Å². The van der Waals surface area contributed by atoms with E-state index in [1.807, 2.05) is 30.3 Å². The second-order valence-corrected chi connectivity index (χ2v) is 7.26. The highest BCUT2D eigenvalue weighted by molar-refractivity contribution is 7.18. The Balaban J connectivity index is 1.65. The Morgan fingerprint density at radius 2 is 1.72 bits per heavy atom. The number of hydrogen-bond acceptors (Lipinski definition) is 6. The summed E-state index contributed by atoms with van der Waals surface area (Å²) in [5.41, 5.74) is 1.97. The maximum atomic E-state index is 12.2. The zero-order valence-corrected chi connectivity index (χ0v) is 16.9. The van der Waals surface area contributed by atoms with Crippen molar-refractivity contribution < 1.29 is 19.1 Å². The summed E-state index contributed by atoms with van der Waals surface area (Å²) in [6.45, 7) is 3.06. The molecule has 0 spiro atoms. The largest absolute Gasteiger partial charge is 0.484 e. The summed E-state index contributed by atoms with van der Waals surface area (Å²) < 4.78 is 5.46. The summed E-state index contributed by atoms with van der Waals surface area (Å²) in [7, 11) is 0. The van der Waals surface area contributed by atoms with Gasteiger partial charge in [-0.3, -0.25) is 19.7 Å². The highest BCUT2D eigenvalue weighted by atomic mass is 32.1. The number of amides is 1. The fourth-order valence-electron chi connectivity index (χ4n) is 2.65. The average Bonchev–Trinajstić information content (AvgIpc) is 3.17. The summed E-state index contributed by atoms with van der Waals surface area (Å²) in [4.78, 5) is 40.7. The molecule has 1 aromatic heterocycles. The number of Topliss-reactive ketones (excluding diaryl/α,β-unsaturated/α-hetero) is 2. The first kappa shape index (κ1) is 20.4. The molecule has 1 amide bonds. The lowest BCUT2D eigenvalue weighted by Crippen LogP contribution is -2.20. The highest BCUT2D eigenvalue weighted by Crippen LogP contribution is 2.31. The molecule has 0 aliphatic heterocycles. The van der Waals surface area contributed by atoms with Crippen molar-refractivity contribution in [1.82, 2.24) is 4.98 Å². The number of ether oxygens (including phenoxy) is 1. The monoisotopic (exact) mass is 408 g/mol. The van der Waals surface area contributed by atoms with Crippen LogP contribution in [-0.2, 0) is 4.79 Å². The van der Waals surface area contributed by atoms with Crippen molar-refractivity contribution in [2.24, 2.45) is 0 Å². The number of ketones is 2. The zero-order valence-electron chi connectivity index (χ0n) is 16.1. The second kappa shape index (κ2) is 9.25. The van der Waals surface area contributed by atoms with Crippen LogP contribution in [0, 0.1) is 0 Å². The van der Waals surface area contributed by atoms with Crippen molar-refractivity contribution in [1.29, 1.82) is 0 Å². The van der Waals surface area contributed by atoms with Gasteiger partial charge in [0.15, 0.2) is 23.3 Å². The van der Waals surface area contributed by atoms with Gasteiger partial charge in [-0.25, -0.2) is 4.98 Å². The molecule has 2 aromatic carbocycles. The van der Waals surface area contributed by atoms with Gasteiger partial charge in [-0.2, -0.15) is 0 Å². The highest BCUT2D eigenvalue weighted by Gasteiger charge is 2.18. The molecule has 1 N–H and O–H groups in total. The van der Waals surface area contributed by atoms with Crippen LogP contribution in [0.15, 0.2) is 54.6 Å². The van der Waals surface area contributed by atoms with Crippen molar-refractivity contribution in [2.45, 2.75) is 20.3 Å². The molecule has 0 saturated carbocycles. The van der Waals surface area contributed by atoms with Crippen LogP contribution in [0.1, 0.15) is 40.3 Å². The van der Waals surface area contributed by atoms with Crippen molar-refractivity contribution in [2.75, 3.05) is 11.9 Å². The van der Waals surface area contributed by atoms with Crippen LogP contribution in [0.4, 0.5) is 5.13 Å². The Morgan fingerprint density at radius 1 is 1.03 bits per heavy atom. The number of carbonyl (C=O) groups excluding carboxylic acids is 3. The second-order valence-electron chi connectivity index (χ2n) is 6.26. The maximum Gasteiger partial charge on any atom is 0.264 e. The molecule has 3 aromatic rings. The Morgan fingerprint density at radius 3 is 2.34 bits per heavy atom. The Bertz CT molecular complexity index is 1030. The standard InChI is InChI=1S/C22H20N2O4S/c1-3-18(26)15-9-11-17(12-10-15)28-13-19(27)23-22-24-20(21(29-22)14(2)25)16-7-5-4-6-8-16/h4-12H,3,13H2,1-2H3,(H,23,24,27). The molecule has 0 atom stereocenters. The quantitative estimate of drug-likeness (QED) is 0.550. The van der Waals surface area contributed by atoms with Crippen LogP contribution in [0.25, 0.3) is 11.3 Å². The fraction of sp³-hybridized carbons (Fsp3) is 0.182. The Hall–Kier alpha value is -3.32. The molecular weight excluding hydrogens is 388 g/mol. The lowest BCUT2D eigenvalue weighted by Gasteiger charge is -2.06. The minimum absolute atomic E-state index is 0.0496. The fourth-order valence-corrected chi connectivity index (χ4v) is 3.55. The number of hydrogen-bond donors (Lipinski definition) is 1. The van der Waals surface area contributed by atoms with E-state index in [-0.39, 0.29) is 24.1 Å². The third-order valence-electron chi connectivity index (χ3n) is 4.11. The molecule has 3 rings (SSSR count). The van der Waals surface area contributed by atoms with Gasteiger partial charge in [0.05, 0.1) is 10.6 Å². The van der Waals surface area contributed by atoms with E-state index in [1.54, 1.807) is 31.2 Å². The van der Waals surface area contributed by atoms with Gasteiger partial charge >= 0.3 is 0 Å². The molecule has 0 unspecified atom stereocenters. The first-order chi connectivity index (χ1) is 14.0. The summed E-state index contributed by atoms with van der Waals surface area (Å²) in [5.74, 6) is 0.0388. The molecule has 0 saturated heterocycles. The van der Waals surface area contributed by atoms with Gasteiger partial charge in [0.1, 0.15) is 5.75 Å². The molecule has 0 bridgehead atoms. The molecule has 1 heterocycles. The van der Waals surface area contributed by atoms with E-state index in [9.17, 15) is 14.4 Å². The predicted octanol–water partition coefficient (Wildman–Crippen LogP) is 4.62. The van der Waals surface area contributed by atoms with Crippen LogP contribution in [0.2, 0.25) is 0 Å². The molecule has 7 heteroatoms. The Labute approximate surface area is 172 Å². The lowest BCUT2D eigenvalue weighted by molar-refractivity contribution is -0.118. The smallest absolute Gasteiger partial charge is 0.264 e. The number of nitrogens with zero attached hydrogens (tertiary/aromatic N) is 1. The van der Waals surface area contributed by atoms with Crippen LogP contribution < -0.4 is 10.1 Å². The van der Waals surface area contributed by atoms with Gasteiger partial charge in [0, 0.05) is 24.5 Å². The lowest BCUT2D eigenvalue weighted by atomic mass is 10.1. The molecule has 6 nitrogen and oxygen atoms in total. The van der Waals surface area contributed by atoms with Gasteiger partial charge in [-0.1, -0.05) is 48.6 Å². The van der Waals surface area contributed by atoms with Gasteiger partial charge in [0.2, 0.25) is 0 Å². The van der Waals surface area contributed by atoms with E-state index in [0.29, 0.717) is 33.4 Å². The van der Waals surface area contributed by atoms with E-state index < -0.39 is 0 Å². The van der Waals surface area contributed by atoms with Gasteiger partial charge < -0.3 is 4.74 Å². The van der Waals surface area contributed by atoms with Gasteiger partial charge in [0.25, 0.3) is 5.91 Å². The predicted molar refractivity (Wildman–Crippen MR) is 113 cm³/mol. The minimum Gasteiger partial charge on any atom is -0.484 e. The molecule has 29 heavy (non-hydrogen) atoms. The first-order valence-electron chi connectivity index (χ1n) is 9.11. The zero-order chi connectivity index (χ0) is 20.8. The SMILES string of the molecule is CCC(=O)c1ccc(OCC(=O)Nc2nc(-c3ccccc3)c(C(C)=O)s2)cc1. The number of benzene rings is 2. The molecule has 0 aliphatic rings. The Kier molecular flexibility index (Phi) is 6.51. The van der Waals surface area contributed by atoms with Crippen LogP contribution in [0.5, 0.6) is 5.75 Å². The molecule has 0 fully saturated rings.